The van der Waals surface area contributed by atoms with E-state index in [1.54, 1.807) is 0 Å². The summed E-state index contributed by atoms with van der Waals surface area (Å²) in [6.07, 6.45) is 1.71. The molecular weight excluding hydrogens is 232 g/mol. The van der Waals surface area contributed by atoms with Gasteiger partial charge in [0.1, 0.15) is 5.37 Å². The number of hydrogen-bond donors (Lipinski definition) is 2. The van der Waals surface area contributed by atoms with Crippen LogP contribution in [0.4, 0.5) is 0 Å². The highest BCUT2D eigenvalue weighted by Crippen LogP contribution is 2.39. The van der Waals surface area contributed by atoms with Crippen LogP contribution in [-0.4, -0.2) is 38.5 Å². The van der Waals surface area contributed by atoms with Crippen LogP contribution in [0.15, 0.2) is 11.8 Å². The largest absolute Gasteiger partial charge is 0.478 e. The van der Waals surface area contributed by atoms with Crippen LogP contribution in [0.3, 0.4) is 0 Å². The molecule has 16 heavy (non-hydrogen) atoms. The maximum absolute atomic E-state index is 11.1. The number of aliphatic carboxylic acids is 1. The molecule has 0 aromatic rings. The summed E-state index contributed by atoms with van der Waals surface area (Å²) >= 11 is 1.27. The lowest BCUT2D eigenvalue weighted by atomic mass is 10.1. The number of carbonyl (C=O) groups is 3. The SMILES string of the molecule is CC(=O)NC1S[C@@H]2CC(=O)N2C=C1C(=O)O. The van der Waals surface area contributed by atoms with Gasteiger partial charge in [-0.3, -0.25) is 9.59 Å². The number of carboxylic acids is 1. The van der Waals surface area contributed by atoms with Crippen molar-refractivity contribution in [2.45, 2.75) is 24.1 Å². The van der Waals surface area contributed by atoms with Crippen LogP contribution < -0.4 is 5.32 Å². The van der Waals surface area contributed by atoms with E-state index in [0.717, 1.165) is 0 Å². The normalized spacial score (nSPS) is 27.7. The summed E-state index contributed by atoms with van der Waals surface area (Å²) in [5.74, 6) is -1.49. The average Bonchev–Trinajstić information content (AvgIpc) is 2.15. The fourth-order valence-corrected chi connectivity index (χ4v) is 2.99. The second-order valence-corrected chi connectivity index (χ2v) is 4.85. The molecule has 7 heteroatoms. The summed E-state index contributed by atoms with van der Waals surface area (Å²) in [6.45, 7) is 1.33. The molecule has 86 valence electrons. The van der Waals surface area contributed by atoms with E-state index < -0.39 is 11.3 Å². The van der Waals surface area contributed by atoms with Crippen molar-refractivity contribution < 1.29 is 19.5 Å². The van der Waals surface area contributed by atoms with Gasteiger partial charge in [-0.15, -0.1) is 11.8 Å². The van der Waals surface area contributed by atoms with Gasteiger partial charge in [0, 0.05) is 13.1 Å². The number of hydrogen-bond acceptors (Lipinski definition) is 4. The van der Waals surface area contributed by atoms with Crippen molar-refractivity contribution in [1.82, 2.24) is 10.2 Å². The standard InChI is InChI=1S/C9H10N2O4S/c1-4(12)10-8-5(9(14)15)3-11-6(13)2-7(11)16-8/h3,7-8H,2H2,1H3,(H,10,12)(H,14,15)/t7-,8?/m1/s1. The minimum atomic E-state index is -1.12. The molecule has 2 heterocycles. The van der Waals surface area contributed by atoms with E-state index >= 15 is 0 Å². The summed E-state index contributed by atoms with van der Waals surface area (Å²) in [5, 5.41) is 10.9. The second kappa shape index (κ2) is 3.82. The first-order valence-corrected chi connectivity index (χ1v) is 5.62. The third-order valence-corrected chi connectivity index (χ3v) is 3.73. The molecule has 1 saturated heterocycles. The van der Waals surface area contributed by atoms with Crippen molar-refractivity contribution in [2.24, 2.45) is 0 Å². The zero-order valence-corrected chi connectivity index (χ0v) is 9.28. The highest BCUT2D eigenvalue weighted by atomic mass is 32.2. The number of nitrogens with zero attached hydrogens (tertiary/aromatic N) is 1. The van der Waals surface area contributed by atoms with Crippen molar-refractivity contribution in [1.29, 1.82) is 0 Å². The van der Waals surface area contributed by atoms with Crippen LogP contribution >= 0.6 is 11.8 Å². The maximum Gasteiger partial charge on any atom is 0.336 e. The van der Waals surface area contributed by atoms with Gasteiger partial charge in [0.2, 0.25) is 11.8 Å². The van der Waals surface area contributed by atoms with E-state index in [9.17, 15) is 14.4 Å². The molecule has 6 nitrogen and oxygen atoms in total. The quantitative estimate of drug-likeness (QED) is 0.650. The Morgan fingerprint density at radius 1 is 1.62 bits per heavy atom. The molecule has 2 aliphatic heterocycles. The second-order valence-electron chi connectivity index (χ2n) is 3.57. The van der Waals surface area contributed by atoms with E-state index in [0.29, 0.717) is 6.42 Å². The first kappa shape index (κ1) is 11.0. The van der Waals surface area contributed by atoms with Gasteiger partial charge in [-0.25, -0.2) is 4.79 Å². The third kappa shape index (κ3) is 1.78. The topological polar surface area (TPSA) is 86.7 Å². The van der Waals surface area contributed by atoms with Crippen molar-refractivity contribution >= 4 is 29.5 Å². The molecule has 2 aliphatic rings. The highest BCUT2D eigenvalue weighted by Gasteiger charge is 2.43. The van der Waals surface area contributed by atoms with Crippen molar-refractivity contribution in [3.05, 3.63) is 11.8 Å². The number of rotatable bonds is 2. The van der Waals surface area contributed by atoms with Crippen molar-refractivity contribution in [3.63, 3.8) is 0 Å². The number of carbonyl (C=O) groups excluding carboxylic acids is 2. The van der Waals surface area contributed by atoms with Gasteiger partial charge in [0.15, 0.2) is 0 Å². The Labute approximate surface area is 95.7 Å². The van der Waals surface area contributed by atoms with E-state index in [2.05, 4.69) is 5.32 Å². The molecule has 0 saturated carbocycles. The molecule has 0 radical (unpaired) electrons. The Bertz CT molecular complexity index is 406. The minimum Gasteiger partial charge on any atom is -0.478 e. The summed E-state index contributed by atoms with van der Waals surface area (Å²) < 4.78 is 0. The summed E-state index contributed by atoms with van der Waals surface area (Å²) in [5.41, 5.74) is 0.0319. The Morgan fingerprint density at radius 2 is 2.31 bits per heavy atom. The van der Waals surface area contributed by atoms with E-state index in [4.69, 9.17) is 5.11 Å². The molecule has 0 bridgehead atoms. The first-order valence-electron chi connectivity index (χ1n) is 4.68. The van der Waals surface area contributed by atoms with Crippen LogP contribution in [-0.2, 0) is 14.4 Å². The molecule has 2 amide bonds. The molecule has 0 aliphatic carbocycles. The predicted octanol–water partition coefficient (Wildman–Crippen LogP) is -0.278. The first-order chi connectivity index (χ1) is 7.49. The van der Waals surface area contributed by atoms with Crippen LogP contribution in [0.25, 0.3) is 0 Å². The zero-order chi connectivity index (χ0) is 11.9. The average molecular weight is 242 g/mol. The fraction of sp³-hybridized carbons (Fsp3) is 0.444. The van der Waals surface area contributed by atoms with Crippen molar-refractivity contribution in [2.75, 3.05) is 0 Å². The van der Waals surface area contributed by atoms with E-state index in [1.165, 1.54) is 29.8 Å². The molecule has 0 aromatic carbocycles. The number of thioether (sulfide) groups is 1. The summed E-state index contributed by atoms with van der Waals surface area (Å²) in [6, 6.07) is 0. The molecule has 2 N–H and O–H groups in total. The minimum absolute atomic E-state index is 0.0319. The lowest BCUT2D eigenvalue weighted by molar-refractivity contribution is -0.138. The monoisotopic (exact) mass is 242 g/mol. The van der Waals surface area contributed by atoms with Gasteiger partial charge < -0.3 is 15.3 Å². The predicted molar refractivity (Wildman–Crippen MR) is 56.2 cm³/mol. The van der Waals surface area contributed by atoms with E-state index in [-0.39, 0.29) is 22.8 Å². The van der Waals surface area contributed by atoms with Crippen LogP contribution in [0.5, 0.6) is 0 Å². The number of fused-ring (bicyclic) bond motifs is 1. The van der Waals surface area contributed by atoms with Gasteiger partial charge in [-0.2, -0.15) is 0 Å². The van der Waals surface area contributed by atoms with Crippen LogP contribution in [0.1, 0.15) is 13.3 Å². The summed E-state index contributed by atoms with van der Waals surface area (Å²) in [4.78, 5) is 34.4. The fourth-order valence-electron chi connectivity index (χ4n) is 1.58. The summed E-state index contributed by atoms with van der Waals surface area (Å²) in [7, 11) is 0. The number of amides is 2. The molecule has 1 unspecified atom stereocenters. The van der Waals surface area contributed by atoms with Gasteiger partial charge in [0.25, 0.3) is 0 Å². The Morgan fingerprint density at radius 3 is 2.81 bits per heavy atom. The Kier molecular flexibility index (Phi) is 2.63. The molecule has 2 rings (SSSR count). The lowest BCUT2D eigenvalue weighted by Gasteiger charge is -2.43. The van der Waals surface area contributed by atoms with Crippen LogP contribution in [0, 0.1) is 0 Å². The van der Waals surface area contributed by atoms with Gasteiger partial charge in [-0.1, -0.05) is 0 Å². The Hall–Kier alpha value is -1.50. The van der Waals surface area contributed by atoms with Crippen LogP contribution in [0.2, 0.25) is 0 Å². The van der Waals surface area contributed by atoms with Crippen molar-refractivity contribution in [3.8, 4) is 0 Å². The number of carboxylic acid groups (broad SMARTS) is 1. The van der Waals surface area contributed by atoms with Gasteiger partial charge >= 0.3 is 5.97 Å². The van der Waals surface area contributed by atoms with Gasteiger partial charge in [0.05, 0.1) is 17.4 Å². The number of nitrogens with one attached hydrogen (secondary N) is 1. The Balaban J connectivity index is 2.22. The maximum atomic E-state index is 11.1. The highest BCUT2D eigenvalue weighted by molar-refractivity contribution is 8.00. The molecular formula is C9H10N2O4S. The smallest absolute Gasteiger partial charge is 0.336 e. The zero-order valence-electron chi connectivity index (χ0n) is 8.47. The van der Waals surface area contributed by atoms with E-state index in [1.807, 2.05) is 0 Å². The molecule has 0 spiro atoms. The molecule has 0 aromatic heterocycles. The lowest BCUT2D eigenvalue weighted by Crippen LogP contribution is -2.53. The molecule has 2 atom stereocenters. The van der Waals surface area contributed by atoms with Gasteiger partial charge in [-0.05, 0) is 0 Å². The molecule has 1 fully saturated rings. The third-order valence-electron chi connectivity index (χ3n) is 2.38. The number of β-lactam (4-membered cyclic amide) rings is 1.